The average Bonchev–Trinajstić information content (AvgIpc) is 2.05. The van der Waals surface area contributed by atoms with Crippen molar-refractivity contribution in [1.82, 2.24) is 0 Å². The molecular weight excluding hydrogens is 212 g/mol. The summed E-state index contributed by atoms with van der Waals surface area (Å²) >= 11 is 0. The zero-order valence-electron chi connectivity index (χ0n) is 8.11. The van der Waals surface area contributed by atoms with Crippen LogP contribution in [0.15, 0.2) is 0 Å². The van der Waals surface area contributed by atoms with E-state index in [2.05, 4.69) is 0 Å². The molecule has 0 heterocycles. The van der Waals surface area contributed by atoms with Crippen molar-refractivity contribution in [3.63, 3.8) is 0 Å². The van der Waals surface area contributed by atoms with Gasteiger partial charge in [-0.3, -0.25) is 9.59 Å². The standard InChI is InChI=1S/C9H16O3.Fe/c1-3-5-6-12-9(11)7-8(10)4-2;/h3-7H2,1-2H3;. The number of esters is 1. The van der Waals surface area contributed by atoms with E-state index in [0.29, 0.717) is 13.0 Å². The van der Waals surface area contributed by atoms with Crippen molar-refractivity contribution in [2.24, 2.45) is 0 Å². The Morgan fingerprint density at radius 1 is 1.23 bits per heavy atom. The first-order valence-corrected chi connectivity index (χ1v) is 4.38. The van der Waals surface area contributed by atoms with Gasteiger partial charge in [0.2, 0.25) is 0 Å². The third kappa shape index (κ3) is 9.57. The molecule has 0 aliphatic rings. The molecule has 3 nitrogen and oxygen atoms in total. The van der Waals surface area contributed by atoms with Crippen LogP contribution in [-0.4, -0.2) is 18.4 Å². The minimum Gasteiger partial charge on any atom is -0.465 e. The fourth-order valence-corrected chi connectivity index (χ4v) is 0.667. The van der Waals surface area contributed by atoms with Crippen LogP contribution in [0.25, 0.3) is 0 Å². The summed E-state index contributed by atoms with van der Waals surface area (Å²) in [4.78, 5) is 21.6. The fraction of sp³-hybridized carbons (Fsp3) is 0.778. The van der Waals surface area contributed by atoms with E-state index in [-0.39, 0.29) is 29.3 Å². The molecule has 0 amide bonds. The number of ketones is 1. The van der Waals surface area contributed by atoms with Crippen LogP contribution in [0, 0.1) is 0 Å². The maximum Gasteiger partial charge on any atom is 0.313 e. The number of unbranched alkanes of at least 4 members (excludes halogenated alkanes) is 1. The van der Waals surface area contributed by atoms with Crippen LogP contribution >= 0.6 is 0 Å². The molecule has 4 heteroatoms. The van der Waals surface area contributed by atoms with Crippen molar-refractivity contribution >= 4 is 11.8 Å². The van der Waals surface area contributed by atoms with E-state index in [1.165, 1.54) is 0 Å². The predicted molar refractivity (Wildman–Crippen MR) is 45.8 cm³/mol. The number of Topliss-reactive ketones (excluding diaryl/α,β-unsaturated/α-hetero) is 1. The van der Waals surface area contributed by atoms with Gasteiger partial charge in [0.15, 0.2) is 0 Å². The second kappa shape index (κ2) is 9.75. The minimum atomic E-state index is -0.393. The first-order valence-electron chi connectivity index (χ1n) is 4.38. The van der Waals surface area contributed by atoms with E-state index in [4.69, 9.17) is 4.74 Å². The van der Waals surface area contributed by atoms with Crippen LogP contribution in [0.3, 0.4) is 0 Å². The van der Waals surface area contributed by atoms with Gasteiger partial charge in [-0.15, -0.1) is 0 Å². The maximum absolute atomic E-state index is 10.8. The molecule has 0 unspecified atom stereocenters. The summed E-state index contributed by atoms with van der Waals surface area (Å²) in [6.45, 7) is 4.19. The van der Waals surface area contributed by atoms with Gasteiger partial charge in [-0.1, -0.05) is 20.3 Å². The number of ether oxygens (including phenoxy) is 1. The summed E-state index contributed by atoms with van der Waals surface area (Å²) < 4.78 is 4.80. The Labute approximate surface area is 89.7 Å². The van der Waals surface area contributed by atoms with Gasteiger partial charge in [0, 0.05) is 23.5 Å². The van der Waals surface area contributed by atoms with Gasteiger partial charge in [0.25, 0.3) is 0 Å². The Hall–Kier alpha value is -0.341. The number of carbonyl (C=O) groups is 2. The van der Waals surface area contributed by atoms with Crippen LogP contribution in [0.4, 0.5) is 0 Å². The molecule has 0 saturated carbocycles. The molecule has 0 N–H and O–H groups in total. The van der Waals surface area contributed by atoms with Crippen molar-refractivity contribution in [2.45, 2.75) is 39.5 Å². The smallest absolute Gasteiger partial charge is 0.313 e. The van der Waals surface area contributed by atoms with Crippen LogP contribution < -0.4 is 0 Å². The average molecular weight is 228 g/mol. The molecule has 0 aliphatic heterocycles. The molecule has 0 atom stereocenters. The van der Waals surface area contributed by atoms with E-state index in [0.717, 1.165) is 12.8 Å². The normalized spacial score (nSPS) is 8.77. The number of hydrogen-bond donors (Lipinski definition) is 0. The largest absolute Gasteiger partial charge is 0.465 e. The van der Waals surface area contributed by atoms with Crippen molar-refractivity contribution in [2.75, 3.05) is 6.61 Å². The van der Waals surface area contributed by atoms with E-state index in [1.807, 2.05) is 6.92 Å². The van der Waals surface area contributed by atoms with Gasteiger partial charge in [-0.05, 0) is 6.42 Å². The van der Waals surface area contributed by atoms with E-state index in [1.54, 1.807) is 6.92 Å². The molecule has 0 saturated heterocycles. The second-order valence-corrected chi connectivity index (χ2v) is 2.64. The van der Waals surface area contributed by atoms with Crippen molar-refractivity contribution in [3.05, 3.63) is 0 Å². The molecule has 0 bridgehead atoms. The summed E-state index contributed by atoms with van der Waals surface area (Å²) in [6, 6.07) is 0. The molecule has 0 aromatic heterocycles. The molecule has 0 fully saturated rings. The second-order valence-electron chi connectivity index (χ2n) is 2.64. The Bertz CT molecular complexity index is 157. The molecule has 0 rings (SSSR count). The molecule has 0 aromatic carbocycles. The molecule has 0 aromatic rings. The topological polar surface area (TPSA) is 43.4 Å². The molecular formula is C9H16FeO3. The van der Waals surface area contributed by atoms with Gasteiger partial charge < -0.3 is 4.74 Å². The van der Waals surface area contributed by atoms with Gasteiger partial charge in [-0.25, -0.2) is 0 Å². The minimum absolute atomic E-state index is 0. The maximum atomic E-state index is 10.8. The van der Waals surface area contributed by atoms with E-state index in [9.17, 15) is 9.59 Å². The monoisotopic (exact) mass is 228 g/mol. The molecule has 0 aliphatic carbocycles. The zero-order valence-corrected chi connectivity index (χ0v) is 9.22. The van der Waals surface area contributed by atoms with Crippen LogP contribution in [-0.2, 0) is 31.4 Å². The first kappa shape index (κ1) is 15.1. The van der Waals surface area contributed by atoms with Crippen molar-refractivity contribution < 1.29 is 31.4 Å². The SMILES string of the molecule is CCCCOC(=O)CC(=O)CC.[Fe]. The summed E-state index contributed by atoms with van der Waals surface area (Å²) in [5.74, 6) is -0.452. The van der Waals surface area contributed by atoms with Crippen molar-refractivity contribution in [3.8, 4) is 0 Å². The summed E-state index contributed by atoms with van der Waals surface area (Å²) in [5, 5.41) is 0. The van der Waals surface area contributed by atoms with Gasteiger partial charge in [0.1, 0.15) is 12.2 Å². The molecule has 0 spiro atoms. The van der Waals surface area contributed by atoms with Gasteiger partial charge in [-0.2, -0.15) is 0 Å². The predicted octanol–water partition coefficient (Wildman–Crippen LogP) is 1.70. The molecule has 13 heavy (non-hydrogen) atoms. The Morgan fingerprint density at radius 2 is 1.85 bits per heavy atom. The third-order valence-electron chi connectivity index (χ3n) is 1.50. The number of carbonyl (C=O) groups excluding carboxylic acids is 2. The Morgan fingerprint density at radius 3 is 2.31 bits per heavy atom. The summed E-state index contributed by atoms with van der Waals surface area (Å²) in [7, 11) is 0. The number of rotatable bonds is 6. The summed E-state index contributed by atoms with van der Waals surface area (Å²) in [6.07, 6.45) is 2.20. The van der Waals surface area contributed by atoms with Crippen LogP contribution in [0.1, 0.15) is 39.5 Å². The number of hydrogen-bond acceptors (Lipinski definition) is 3. The quantitative estimate of drug-likeness (QED) is 0.300. The van der Waals surface area contributed by atoms with Crippen molar-refractivity contribution in [1.29, 1.82) is 0 Å². The fourth-order valence-electron chi connectivity index (χ4n) is 0.667. The van der Waals surface area contributed by atoms with E-state index >= 15 is 0 Å². The molecule has 78 valence electrons. The van der Waals surface area contributed by atoms with Gasteiger partial charge in [0.05, 0.1) is 6.61 Å². The first-order chi connectivity index (χ1) is 5.70. The third-order valence-corrected chi connectivity index (χ3v) is 1.50. The summed E-state index contributed by atoms with van der Waals surface area (Å²) in [5.41, 5.74) is 0. The Balaban J connectivity index is 0. The van der Waals surface area contributed by atoms with Crippen LogP contribution in [0.2, 0.25) is 0 Å². The van der Waals surface area contributed by atoms with Crippen LogP contribution in [0.5, 0.6) is 0 Å². The molecule has 0 radical (unpaired) electrons. The van der Waals surface area contributed by atoms with Gasteiger partial charge >= 0.3 is 5.97 Å². The zero-order chi connectivity index (χ0) is 9.40. The Kier molecular flexibility index (Phi) is 11.4. The van der Waals surface area contributed by atoms with E-state index < -0.39 is 5.97 Å².